The molecule has 2 aromatic carbocycles. The lowest BCUT2D eigenvalue weighted by Gasteiger charge is -2.16. The number of hydrogen-bond acceptors (Lipinski definition) is 16. The normalized spacial score (nSPS) is 19.6. The van der Waals surface area contributed by atoms with Crippen LogP contribution in [0.5, 0.6) is 0 Å². The molecule has 0 saturated carbocycles. The molecule has 0 amide bonds. The fourth-order valence-electron chi connectivity index (χ4n) is 4.38. The van der Waals surface area contributed by atoms with Crippen LogP contribution in [0, 0.1) is 13.8 Å². The van der Waals surface area contributed by atoms with Crippen LogP contribution in [0.2, 0.25) is 0 Å². The van der Waals surface area contributed by atoms with Crippen LogP contribution in [0.25, 0.3) is 11.2 Å². The van der Waals surface area contributed by atoms with Gasteiger partial charge in [-0.25, -0.2) is 15.0 Å². The Hall–Kier alpha value is -3.86. The number of hydrogen-bond donors (Lipinski definition) is 8. The molecule has 25 heteroatoms. The van der Waals surface area contributed by atoms with Crippen molar-refractivity contribution in [2.24, 2.45) is 5.73 Å². The molecule has 1 aliphatic rings. The first kappa shape index (κ1) is 46.3. The maximum absolute atomic E-state index is 10.7. The minimum Gasteiger partial charge on any atom is -0.548 e. The maximum atomic E-state index is 10.7. The summed E-state index contributed by atoms with van der Waals surface area (Å²) in [7, 11) is -13.0. The van der Waals surface area contributed by atoms with Crippen molar-refractivity contribution < 1.29 is 68.3 Å². The van der Waals surface area contributed by atoms with Gasteiger partial charge in [0.25, 0.3) is 20.2 Å². The molecular weight excluding hydrogens is 801 g/mol. The summed E-state index contributed by atoms with van der Waals surface area (Å²) >= 11 is 0. The highest BCUT2D eigenvalue weighted by Gasteiger charge is 2.46. The Morgan fingerprint density at radius 3 is 1.76 bits per heavy atom. The Balaban J connectivity index is 0.000000306. The molecule has 1 saturated heterocycles. The van der Waals surface area contributed by atoms with Crippen molar-refractivity contribution >= 4 is 64.5 Å². The van der Waals surface area contributed by atoms with Gasteiger partial charge < -0.3 is 36.3 Å². The van der Waals surface area contributed by atoms with Gasteiger partial charge in [-0.05, 0) is 49.0 Å². The number of carbonyl (C=O) groups is 1. The monoisotopic (exact) mass is 840 g/mol. The number of ether oxygens (including phenoxy) is 1. The van der Waals surface area contributed by atoms with Crippen molar-refractivity contribution in [1.29, 1.82) is 0 Å². The van der Waals surface area contributed by atoms with E-state index < -0.39 is 67.2 Å². The fraction of sp³-hybridized carbons (Fsp3) is 0.379. The van der Waals surface area contributed by atoms with E-state index in [4.69, 9.17) is 42.8 Å². The highest BCUT2D eigenvalue weighted by atomic mass is 32.3. The summed E-state index contributed by atoms with van der Waals surface area (Å²) in [5, 5.41) is 31.5. The SMILES string of the molecule is C[S+](CC[C@H](N)C(=O)[O-])C[C@H]1O[C@@H](n2cnc3c(N)ncnc32)[C@H](O)[C@@H]1O.Cc1ccc(S(=O)(=O)O)cc1.Cc1ccc(S(=O)(=O)O)cc1.O=S(=O)(O)O. The number of nitrogens with two attached hydrogens (primary N) is 2. The smallest absolute Gasteiger partial charge is 0.394 e. The molecule has 300 valence electrons. The molecule has 2 aromatic heterocycles. The number of imidazole rings is 1. The summed E-state index contributed by atoms with van der Waals surface area (Å²) in [6.45, 7) is 3.68. The number of rotatable bonds is 9. The number of fused-ring (bicyclic) bond motifs is 1. The molecule has 0 radical (unpaired) electrons. The predicted octanol–water partition coefficient (Wildman–Crippen LogP) is -1.43. The second-order valence-electron chi connectivity index (χ2n) is 11.5. The van der Waals surface area contributed by atoms with E-state index in [9.17, 15) is 36.9 Å². The van der Waals surface area contributed by atoms with Gasteiger partial charge in [0.2, 0.25) is 0 Å². The van der Waals surface area contributed by atoms with E-state index in [-0.39, 0.29) is 32.9 Å². The molecule has 0 spiro atoms. The number of aryl methyl sites for hydroxylation is 2. The first-order valence-corrected chi connectivity index (χ1v) is 21.3. The molecule has 0 bridgehead atoms. The zero-order chi connectivity index (χ0) is 41.2. The quantitative estimate of drug-likeness (QED) is 0.0707. The van der Waals surface area contributed by atoms with Crippen molar-refractivity contribution in [2.45, 2.75) is 60.6 Å². The lowest BCUT2D eigenvalue weighted by molar-refractivity contribution is -0.307. The van der Waals surface area contributed by atoms with Crippen LogP contribution < -0.4 is 16.6 Å². The molecule has 1 unspecified atom stereocenters. The van der Waals surface area contributed by atoms with Gasteiger partial charge >= 0.3 is 10.4 Å². The average Bonchev–Trinajstić information content (AvgIpc) is 3.60. The van der Waals surface area contributed by atoms with Crippen molar-refractivity contribution in [3.8, 4) is 0 Å². The van der Waals surface area contributed by atoms with Crippen LogP contribution in [0.15, 0.2) is 71.0 Å². The number of aromatic nitrogens is 4. The minimum absolute atomic E-state index is 0.0666. The lowest BCUT2D eigenvalue weighted by atomic mass is 10.1. The number of carbonyl (C=O) groups excluding carboxylic acids is 1. The van der Waals surface area contributed by atoms with Gasteiger partial charge in [-0.2, -0.15) is 25.3 Å². The van der Waals surface area contributed by atoms with Gasteiger partial charge in [0, 0.05) is 12.5 Å². The summed E-state index contributed by atoms with van der Waals surface area (Å²) in [5.74, 6) is -0.0611. The topological polar surface area (TPSA) is 369 Å². The molecule has 54 heavy (non-hydrogen) atoms. The second kappa shape index (κ2) is 19.6. The molecule has 10 N–H and O–H groups in total. The number of carboxylic acid groups (broad SMARTS) is 1. The van der Waals surface area contributed by atoms with E-state index in [1.165, 1.54) is 41.5 Å². The number of aliphatic hydroxyl groups excluding tert-OH is 2. The van der Waals surface area contributed by atoms with Gasteiger partial charge in [-0.3, -0.25) is 22.8 Å². The van der Waals surface area contributed by atoms with Gasteiger partial charge in [-0.1, -0.05) is 35.4 Å². The van der Waals surface area contributed by atoms with Gasteiger partial charge in [0.05, 0.1) is 28.3 Å². The first-order valence-electron chi connectivity index (χ1n) is 15.1. The zero-order valence-corrected chi connectivity index (χ0v) is 32.0. The Morgan fingerprint density at radius 2 is 1.33 bits per heavy atom. The number of nitrogen functional groups attached to an aromatic ring is 1. The summed E-state index contributed by atoms with van der Waals surface area (Å²) in [6.07, 6.45) is 1.17. The van der Waals surface area contributed by atoms with Gasteiger partial charge in [-0.15, -0.1) is 0 Å². The molecule has 5 rings (SSSR count). The largest absolute Gasteiger partial charge is 0.548 e. The van der Waals surface area contributed by atoms with Crippen molar-refractivity contribution in [3.63, 3.8) is 0 Å². The van der Waals surface area contributed by atoms with Crippen molar-refractivity contribution in [3.05, 3.63) is 72.3 Å². The Morgan fingerprint density at radius 1 is 0.870 bits per heavy atom. The summed E-state index contributed by atoms with van der Waals surface area (Å²) in [6, 6.07) is 11.0. The van der Waals surface area contributed by atoms with E-state index in [0.29, 0.717) is 22.7 Å². The van der Waals surface area contributed by atoms with Gasteiger partial charge in [0.15, 0.2) is 17.7 Å². The van der Waals surface area contributed by atoms with Crippen LogP contribution in [-0.4, -0.2) is 121 Å². The number of carboxylic acids is 1. The fourth-order valence-corrected chi connectivity index (χ4v) is 7.00. The number of benzene rings is 2. The Labute approximate surface area is 313 Å². The maximum Gasteiger partial charge on any atom is 0.394 e. The summed E-state index contributed by atoms with van der Waals surface area (Å²) in [5.41, 5.74) is 13.9. The van der Waals surface area contributed by atoms with Gasteiger partial charge in [0.1, 0.15) is 41.7 Å². The van der Waals surface area contributed by atoms with Crippen LogP contribution in [0.4, 0.5) is 5.82 Å². The molecule has 1 aliphatic heterocycles. The summed E-state index contributed by atoms with van der Waals surface area (Å²) in [4.78, 5) is 22.7. The van der Waals surface area contributed by atoms with E-state index in [0.717, 1.165) is 11.1 Å². The van der Waals surface area contributed by atoms with Crippen molar-refractivity contribution in [2.75, 3.05) is 23.5 Å². The lowest BCUT2D eigenvalue weighted by Crippen LogP contribution is -2.43. The zero-order valence-electron chi connectivity index (χ0n) is 28.7. The molecule has 21 nitrogen and oxygen atoms in total. The third kappa shape index (κ3) is 15.1. The Kier molecular flexibility index (Phi) is 16.8. The molecule has 4 aromatic rings. The van der Waals surface area contributed by atoms with Crippen LogP contribution in [0.3, 0.4) is 0 Å². The van der Waals surface area contributed by atoms with E-state index in [2.05, 4.69) is 15.0 Å². The number of nitrogens with zero attached hydrogens (tertiary/aromatic N) is 4. The molecule has 3 heterocycles. The van der Waals surface area contributed by atoms with E-state index in [1.54, 1.807) is 24.3 Å². The standard InChI is InChI=1S/C15H22N6O5S.2C7H8O3S.H2O4S/c1-27(3-2-7(16)15(24)25)4-8-10(22)11(23)14(26-8)21-6-20-9-12(17)18-5-19-13(9)21;2*1-6-2-4-7(5-3-6)11(8,9)10;1-5(2,3)4/h5-8,10-11,14,22-23H,2-4,16H2,1H3,(H2-,17,18,19,24,25);2*2-5H,1H3,(H,8,9,10);(H2,1,2,3,4)/t7-,8+,10+,11+,14+,27?;;;/m0.../s1. The third-order valence-electron chi connectivity index (χ3n) is 7.16. The Bertz CT molecular complexity index is 2090. The molecule has 6 atom stereocenters. The highest BCUT2D eigenvalue weighted by Crippen LogP contribution is 2.32. The third-order valence-corrected chi connectivity index (χ3v) is 10.7. The van der Waals surface area contributed by atoms with Crippen LogP contribution in [0.1, 0.15) is 23.8 Å². The number of anilines is 1. The number of aliphatic hydroxyl groups is 2. The predicted molar refractivity (Wildman–Crippen MR) is 192 cm³/mol. The highest BCUT2D eigenvalue weighted by molar-refractivity contribution is 7.96. The van der Waals surface area contributed by atoms with Crippen LogP contribution in [-0.2, 0) is 51.1 Å². The van der Waals surface area contributed by atoms with E-state index in [1.807, 2.05) is 20.1 Å². The number of aliphatic carboxylic acids is 1. The average molecular weight is 841 g/mol. The molecule has 0 aliphatic carbocycles. The minimum atomic E-state index is -4.67. The van der Waals surface area contributed by atoms with E-state index >= 15 is 0 Å². The first-order chi connectivity index (χ1) is 24.8. The molecule has 1 fully saturated rings. The molecular formula is C29H40N6O15S4. The second-order valence-corrected chi connectivity index (χ2v) is 17.6. The van der Waals surface area contributed by atoms with Crippen molar-refractivity contribution in [1.82, 2.24) is 19.5 Å². The van der Waals surface area contributed by atoms with Crippen LogP contribution >= 0.6 is 0 Å². The summed E-state index contributed by atoms with van der Waals surface area (Å²) < 4.78 is 98.1.